The molecule has 1 fully saturated rings. The van der Waals surface area contributed by atoms with Crippen LogP contribution in [0.1, 0.15) is 27.7 Å². The number of ether oxygens (including phenoxy) is 1. The number of aliphatic hydroxyl groups excluding tert-OH is 1. The third-order valence-corrected chi connectivity index (χ3v) is 5.65. The number of aliphatic hydroxyl groups is 1. The molecule has 0 spiro atoms. The van der Waals surface area contributed by atoms with Crippen molar-refractivity contribution < 1.29 is 28.6 Å². The molecule has 33 heavy (non-hydrogen) atoms. The number of esters is 1. The van der Waals surface area contributed by atoms with Crippen LogP contribution in [0, 0.1) is 0 Å². The largest absolute Gasteiger partial charge is 0.507 e. The number of carbonyl (C=O) groups excluding carboxylic acids is 3. The van der Waals surface area contributed by atoms with Crippen LogP contribution >= 0.6 is 0 Å². The van der Waals surface area contributed by atoms with E-state index in [0.717, 1.165) is 5.52 Å². The molecule has 3 heterocycles. The molecule has 164 valence electrons. The van der Waals surface area contributed by atoms with Crippen molar-refractivity contribution in [1.29, 1.82) is 0 Å². The number of nitrogens with one attached hydrogen (secondary N) is 1. The summed E-state index contributed by atoms with van der Waals surface area (Å²) in [5, 5.41) is 12.0. The first kappa shape index (κ1) is 20.3. The summed E-state index contributed by atoms with van der Waals surface area (Å²) in [7, 11) is 1.26. The third-order valence-electron chi connectivity index (χ3n) is 5.65. The molecular formula is C25H18N2O6. The van der Waals surface area contributed by atoms with Gasteiger partial charge in [-0.25, -0.2) is 4.79 Å². The van der Waals surface area contributed by atoms with Crippen molar-refractivity contribution in [2.45, 2.75) is 6.04 Å². The number of ketones is 1. The molecule has 0 aliphatic carbocycles. The first-order valence-electron chi connectivity index (χ1n) is 10.1. The van der Waals surface area contributed by atoms with E-state index in [0.29, 0.717) is 22.4 Å². The lowest BCUT2D eigenvalue weighted by Crippen LogP contribution is -2.29. The van der Waals surface area contributed by atoms with Gasteiger partial charge in [0.2, 0.25) is 0 Å². The Bertz CT molecular complexity index is 1430. The topological polar surface area (TPSA) is 113 Å². The highest BCUT2D eigenvalue weighted by Crippen LogP contribution is 2.43. The quantitative estimate of drug-likeness (QED) is 0.212. The highest BCUT2D eigenvalue weighted by molar-refractivity contribution is 6.51. The maximum absolute atomic E-state index is 13.2. The average molecular weight is 442 g/mol. The van der Waals surface area contributed by atoms with E-state index in [9.17, 15) is 19.5 Å². The molecule has 0 bridgehead atoms. The summed E-state index contributed by atoms with van der Waals surface area (Å²) < 4.78 is 10.3. The lowest BCUT2D eigenvalue weighted by molar-refractivity contribution is -0.132. The number of Topliss-reactive ketones (excluding diaryl/α,β-unsaturated/α-hetero) is 1. The van der Waals surface area contributed by atoms with Crippen LogP contribution in [-0.4, -0.2) is 34.9 Å². The summed E-state index contributed by atoms with van der Waals surface area (Å²) in [6.07, 6.45) is 3.01. The van der Waals surface area contributed by atoms with Gasteiger partial charge in [-0.1, -0.05) is 24.3 Å². The Morgan fingerprint density at radius 2 is 1.91 bits per heavy atom. The molecular weight excluding hydrogens is 424 g/mol. The van der Waals surface area contributed by atoms with Crippen LogP contribution in [0.2, 0.25) is 0 Å². The fraction of sp³-hybridized carbons (Fsp3) is 0.0800. The zero-order valence-electron chi connectivity index (χ0n) is 17.4. The summed E-state index contributed by atoms with van der Waals surface area (Å²) in [5.74, 6) is -2.32. The number of methoxy groups -OCH3 is 1. The second-order valence-corrected chi connectivity index (χ2v) is 7.47. The molecule has 1 aliphatic rings. The highest BCUT2D eigenvalue weighted by atomic mass is 16.5. The van der Waals surface area contributed by atoms with Crippen molar-refractivity contribution in [3.63, 3.8) is 0 Å². The second-order valence-electron chi connectivity index (χ2n) is 7.47. The zero-order valence-corrected chi connectivity index (χ0v) is 17.4. The normalized spacial score (nSPS) is 17.6. The monoisotopic (exact) mass is 442 g/mol. The summed E-state index contributed by atoms with van der Waals surface area (Å²) in [6, 6.07) is 15.7. The Hall–Kier alpha value is -4.59. The van der Waals surface area contributed by atoms with Crippen molar-refractivity contribution >= 4 is 40.0 Å². The van der Waals surface area contributed by atoms with Gasteiger partial charge in [0, 0.05) is 28.4 Å². The van der Waals surface area contributed by atoms with Gasteiger partial charge in [0.25, 0.3) is 11.7 Å². The number of anilines is 1. The summed E-state index contributed by atoms with van der Waals surface area (Å²) in [4.78, 5) is 42.7. The SMILES string of the molecule is COC(=O)c1cccc(N2C(=O)C(=O)/C(=C(\O)c3c[nH]c4ccccc34)C2c2ccco2)c1. The van der Waals surface area contributed by atoms with Crippen LogP contribution in [-0.2, 0) is 14.3 Å². The standard InChI is InChI=1S/C25H18N2O6/c1-32-25(31)14-6-4-7-15(12-14)27-21(19-10-5-11-33-19)20(23(29)24(27)30)22(28)17-13-26-18-9-3-2-8-16(17)18/h2-13,21,26,28H,1H3/b22-20-. The minimum Gasteiger partial charge on any atom is -0.507 e. The number of hydrogen-bond acceptors (Lipinski definition) is 6. The molecule has 0 radical (unpaired) electrons. The first-order valence-corrected chi connectivity index (χ1v) is 10.1. The van der Waals surface area contributed by atoms with Crippen LogP contribution in [0.15, 0.2) is 83.1 Å². The minimum atomic E-state index is -1.03. The molecule has 5 rings (SSSR count). The van der Waals surface area contributed by atoms with Crippen molar-refractivity contribution in [2.24, 2.45) is 0 Å². The van der Waals surface area contributed by atoms with E-state index >= 15 is 0 Å². The molecule has 8 nitrogen and oxygen atoms in total. The predicted molar refractivity (Wildman–Crippen MR) is 120 cm³/mol. The van der Waals surface area contributed by atoms with Crippen molar-refractivity contribution in [3.8, 4) is 0 Å². The number of hydrogen-bond donors (Lipinski definition) is 2. The van der Waals surface area contributed by atoms with Gasteiger partial charge in [-0.15, -0.1) is 0 Å². The lowest BCUT2D eigenvalue weighted by Gasteiger charge is -2.23. The lowest BCUT2D eigenvalue weighted by atomic mass is 9.99. The number of nitrogens with zero attached hydrogens (tertiary/aromatic N) is 1. The van der Waals surface area contributed by atoms with E-state index < -0.39 is 23.7 Å². The van der Waals surface area contributed by atoms with Crippen molar-refractivity contribution in [3.05, 3.63) is 95.6 Å². The molecule has 1 amide bonds. The Morgan fingerprint density at radius 3 is 2.67 bits per heavy atom. The molecule has 1 unspecified atom stereocenters. The molecule has 1 aliphatic heterocycles. The number of para-hydroxylation sites is 1. The van der Waals surface area contributed by atoms with E-state index in [1.807, 2.05) is 18.2 Å². The first-order chi connectivity index (χ1) is 16.0. The highest BCUT2D eigenvalue weighted by Gasteiger charge is 2.48. The average Bonchev–Trinajstić information content (AvgIpc) is 3.57. The second kappa shape index (κ2) is 7.83. The van der Waals surface area contributed by atoms with E-state index in [1.165, 1.54) is 24.3 Å². The number of carbonyl (C=O) groups is 3. The van der Waals surface area contributed by atoms with Crippen LogP contribution in [0.5, 0.6) is 0 Å². The number of furan rings is 1. The van der Waals surface area contributed by atoms with Crippen molar-refractivity contribution in [1.82, 2.24) is 4.98 Å². The Morgan fingerprint density at radius 1 is 1.09 bits per heavy atom. The third kappa shape index (κ3) is 3.20. The molecule has 2 N–H and O–H groups in total. The van der Waals surface area contributed by atoms with Gasteiger partial charge in [-0.05, 0) is 36.4 Å². The van der Waals surface area contributed by atoms with Gasteiger partial charge in [0.05, 0.1) is 24.5 Å². The van der Waals surface area contributed by atoms with Gasteiger partial charge in [-0.2, -0.15) is 0 Å². The Balaban J connectivity index is 1.71. The minimum absolute atomic E-state index is 0.108. The van der Waals surface area contributed by atoms with Gasteiger partial charge in [0.15, 0.2) is 0 Å². The molecule has 8 heteroatoms. The van der Waals surface area contributed by atoms with E-state index in [1.54, 1.807) is 42.6 Å². The molecule has 4 aromatic rings. The van der Waals surface area contributed by atoms with Crippen LogP contribution in [0.25, 0.3) is 16.7 Å². The number of aromatic nitrogens is 1. The van der Waals surface area contributed by atoms with E-state index in [-0.39, 0.29) is 16.9 Å². The van der Waals surface area contributed by atoms with Crippen LogP contribution < -0.4 is 4.90 Å². The fourth-order valence-corrected chi connectivity index (χ4v) is 4.13. The summed E-state index contributed by atoms with van der Waals surface area (Å²) >= 11 is 0. The smallest absolute Gasteiger partial charge is 0.337 e. The van der Waals surface area contributed by atoms with Crippen LogP contribution in [0.4, 0.5) is 5.69 Å². The van der Waals surface area contributed by atoms with Gasteiger partial charge < -0.3 is 19.2 Å². The maximum atomic E-state index is 13.2. The number of benzene rings is 2. The molecule has 0 saturated carbocycles. The van der Waals surface area contributed by atoms with Gasteiger partial charge in [0.1, 0.15) is 17.6 Å². The summed E-state index contributed by atoms with van der Waals surface area (Å²) in [6.45, 7) is 0. The van der Waals surface area contributed by atoms with Gasteiger partial charge >= 0.3 is 5.97 Å². The zero-order chi connectivity index (χ0) is 23.1. The van der Waals surface area contributed by atoms with Crippen LogP contribution in [0.3, 0.4) is 0 Å². The molecule has 1 saturated heterocycles. The maximum Gasteiger partial charge on any atom is 0.337 e. The summed E-state index contributed by atoms with van der Waals surface area (Å²) in [5.41, 5.74) is 1.56. The number of aromatic amines is 1. The molecule has 2 aromatic heterocycles. The Labute approximate surface area is 187 Å². The van der Waals surface area contributed by atoms with Crippen molar-refractivity contribution in [2.75, 3.05) is 12.0 Å². The van der Waals surface area contributed by atoms with Gasteiger partial charge in [-0.3, -0.25) is 14.5 Å². The number of amides is 1. The predicted octanol–water partition coefficient (Wildman–Crippen LogP) is 4.17. The van der Waals surface area contributed by atoms with E-state index in [2.05, 4.69) is 4.98 Å². The fourth-order valence-electron chi connectivity index (χ4n) is 4.13. The van der Waals surface area contributed by atoms with E-state index in [4.69, 9.17) is 9.15 Å². The number of rotatable bonds is 4. The molecule has 1 atom stereocenters. The molecule has 2 aromatic carbocycles. The number of fused-ring (bicyclic) bond motifs is 1. The number of H-pyrrole nitrogens is 1. The Kier molecular flexibility index (Phi) is 4.82.